The van der Waals surface area contributed by atoms with Gasteiger partial charge in [0.25, 0.3) is 0 Å². The van der Waals surface area contributed by atoms with E-state index < -0.39 is 5.60 Å². The summed E-state index contributed by atoms with van der Waals surface area (Å²) in [7, 11) is 0. The fraction of sp³-hybridized carbons (Fsp3) is 0.385. The van der Waals surface area contributed by atoms with Gasteiger partial charge in [-0.2, -0.15) is 0 Å². The van der Waals surface area contributed by atoms with Crippen molar-refractivity contribution in [2.45, 2.75) is 32.3 Å². The van der Waals surface area contributed by atoms with Crippen LogP contribution in [0.5, 0.6) is 0 Å². The van der Waals surface area contributed by atoms with Crippen molar-refractivity contribution in [1.29, 1.82) is 0 Å². The molecule has 0 aromatic heterocycles. The third kappa shape index (κ3) is 2.05. The van der Waals surface area contributed by atoms with E-state index in [1.54, 1.807) is 6.08 Å². The second-order valence-electron chi connectivity index (χ2n) is 3.56. The van der Waals surface area contributed by atoms with Crippen LogP contribution in [0.25, 0.3) is 6.08 Å². The summed E-state index contributed by atoms with van der Waals surface area (Å²) in [5.41, 5.74) is 1.41. The minimum Gasteiger partial charge on any atom is -0.385 e. The molecule has 1 aromatic rings. The largest absolute Gasteiger partial charge is 0.385 e. The maximum Gasteiger partial charge on any atom is 0.0891 e. The molecule has 0 spiro atoms. The van der Waals surface area contributed by atoms with Gasteiger partial charge in [0.1, 0.15) is 0 Å². The van der Waals surface area contributed by atoms with E-state index in [1.807, 2.05) is 38.1 Å². The minimum atomic E-state index is -0.667. The summed E-state index contributed by atoms with van der Waals surface area (Å²) in [6.45, 7) is 7.71. The Bertz CT molecular complexity index is 294. The quantitative estimate of drug-likeness (QED) is 0.772. The van der Waals surface area contributed by atoms with Crippen LogP contribution in [0.4, 0.5) is 0 Å². The highest BCUT2D eigenvalue weighted by molar-refractivity contribution is 5.47. The Morgan fingerprint density at radius 2 is 1.71 bits per heavy atom. The lowest BCUT2D eigenvalue weighted by Crippen LogP contribution is -2.23. The lowest BCUT2D eigenvalue weighted by molar-refractivity contribution is 0.0284. The van der Waals surface area contributed by atoms with E-state index in [-0.39, 0.29) is 0 Å². The Kier molecular flexibility index (Phi) is 3.48. The van der Waals surface area contributed by atoms with Crippen LogP contribution in [-0.4, -0.2) is 5.11 Å². The second kappa shape index (κ2) is 4.43. The third-order valence-electron chi connectivity index (χ3n) is 2.85. The van der Waals surface area contributed by atoms with Crippen molar-refractivity contribution in [3.05, 3.63) is 42.0 Å². The van der Waals surface area contributed by atoms with Crippen molar-refractivity contribution in [2.75, 3.05) is 0 Å². The number of aliphatic hydroxyl groups is 1. The topological polar surface area (TPSA) is 20.2 Å². The summed E-state index contributed by atoms with van der Waals surface area (Å²) < 4.78 is 0. The summed E-state index contributed by atoms with van der Waals surface area (Å²) in [5.74, 6) is 0. The molecule has 1 heteroatoms. The molecular formula is C13H18O. The molecule has 14 heavy (non-hydrogen) atoms. The van der Waals surface area contributed by atoms with Gasteiger partial charge in [0.05, 0.1) is 5.60 Å². The van der Waals surface area contributed by atoms with Crippen LogP contribution in [0.15, 0.2) is 30.8 Å². The van der Waals surface area contributed by atoms with Crippen molar-refractivity contribution in [3.8, 4) is 0 Å². The van der Waals surface area contributed by atoms with E-state index in [1.165, 1.54) is 0 Å². The van der Waals surface area contributed by atoms with Crippen molar-refractivity contribution < 1.29 is 5.11 Å². The highest BCUT2D eigenvalue weighted by Gasteiger charge is 2.23. The molecule has 0 heterocycles. The van der Waals surface area contributed by atoms with Crippen LogP contribution < -0.4 is 0 Å². The average Bonchev–Trinajstić information content (AvgIpc) is 2.28. The van der Waals surface area contributed by atoms with E-state index in [0.29, 0.717) is 0 Å². The van der Waals surface area contributed by atoms with E-state index in [9.17, 15) is 5.11 Å². The van der Waals surface area contributed by atoms with Gasteiger partial charge >= 0.3 is 0 Å². The molecule has 0 fully saturated rings. The molecule has 1 nitrogen and oxygen atoms in total. The van der Waals surface area contributed by atoms with Gasteiger partial charge in [0.15, 0.2) is 0 Å². The molecule has 1 aromatic carbocycles. The molecule has 0 unspecified atom stereocenters. The van der Waals surface area contributed by atoms with E-state index >= 15 is 0 Å². The van der Waals surface area contributed by atoms with Crippen molar-refractivity contribution >= 4 is 6.08 Å². The molecule has 0 bridgehead atoms. The van der Waals surface area contributed by atoms with Crippen molar-refractivity contribution in [2.24, 2.45) is 0 Å². The Balaban J connectivity index is 3.00. The highest BCUT2D eigenvalue weighted by atomic mass is 16.3. The van der Waals surface area contributed by atoms with E-state index in [4.69, 9.17) is 0 Å². The predicted octanol–water partition coefficient (Wildman–Crippen LogP) is 3.34. The zero-order chi connectivity index (χ0) is 10.6. The van der Waals surface area contributed by atoms with Crippen LogP contribution in [0, 0.1) is 0 Å². The molecule has 76 valence electrons. The van der Waals surface area contributed by atoms with Gasteiger partial charge in [0.2, 0.25) is 0 Å². The van der Waals surface area contributed by atoms with Crippen LogP contribution in [0.3, 0.4) is 0 Å². The molecule has 0 aliphatic carbocycles. The molecule has 1 rings (SSSR count). The van der Waals surface area contributed by atoms with Gasteiger partial charge in [-0.15, -0.1) is 0 Å². The SMILES string of the molecule is C=Cc1ccc(C(O)(CC)CC)cc1. The first-order chi connectivity index (χ1) is 6.66. The Morgan fingerprint density at radius 3 is 2.07 bits per heavy atom. The lowest BCUT2D eigenvalue weighted by atomic mass is 9.88. The zero-order valence-electron chi connectivity index (χ0n) is 8.96. The standard InChI is InChI=1S/C13H18O/c1-4-11-7-9-12(10-8-11)13(14,5-2)6-3/h4,7-10,14H,1,5-6H2,2-3H3. The van der Waals surface area contributed by atoms with E-state index in [2.05, 4.69) is 6.58 Å². The van der Waals surface area contributed by atoms with Gasteiger partial charge in [-0.3, -0.25) is 0 Å². The first kappa shape index (κ1) is 11.0. The first-order valence-corrected chi connectivity index (χ1v) is 5.11. The van der Waals surface area contributed by atoms with E-state index in [0.717, 1.165) is 24.0 Å². The Hall–Kier alpha value is -1.08. The highest BCUT2D eigenvalue weighted by Crippen LogP contribution is 2.28. The fourth-order valence-electron chi connectivity index (χ4n) is 1.59. The van der Waals surface area contributed by atoms with Crippen LogP contribution >= 0.6 is 0 Å². The lowest BCUT2D eigenvalue weighted by Gasteiger charge is -2.25. The maximum atomic E-state index is 10.2. The first-order valence-electron chi connectivity index (χ1n) is 5.11. The zero-order valence-corrected chi connectivity index (χ0v) is 8.96. The van der Waals surface area contributed by atoms with Crippen molar-refractivity contribution in [1.82, 2.24) is 0 Å². The molecule has 0 saturated heterocycles. The molecule has 0 radical (unpaired) electrons. The number of benzene rings is 1. The molecule has 0 aliphatic rings. The van der Waals surface area contributed by atoms with Crippen LogP contribution in [0.1, 0.15) is 37.8 Å². The number of rotatable bonds is 4. The fourth-order valence-corrected chi connectivity index (χ4v) is 1.59. The van der Waals surface area contributed by atoms with Gasteiger partial charge in [-0.1, -0.05) is 50.8 Å². The molecule has 1 N–H and O–H groups in total. The number of hydrogen-bond donors (Lipinski definition) is 1. The second-order valence-corrected chi connectivity index (χ2v) is 3.56. The molecule has 0 amide bonds. The van der Waals surface area contributed by atoms with Gasteiger partial charge in [-0.05, 0) is 24.0 Å². The summed E-state index contributed by atoms with van der Waals surface area (Å²) in [6, 6.07) is 7.92. The van der Waals surface area contributed by atoms with Crippen LogP contribution in [-0.2, 0) is 5.60 Å². The van der Waals surface area contributed by atoms with Gasteiger partial charge < -0.3 is 5.11 Å². The normalized spacial score (nSPS) is 11.4. The summed E-state index contributed by atoms with van der Waals surface area (Å²) >= 11 is 0. The summed E-state index contributed by atoms with van der Waals surface area (Å²) in [5, 5.41) is 10.2. The van der Waals surface area contributed by atoms with Crippen LogP contribution in [0.2, 0.25) is 0 Å². The Labute approximate surface area is 86.1 Å². The molecule has 0 saturated carbocycles. The smallest absolute Gasteiger partial charge is 0.0891 e. The molecule has 0 aliphatic heterocycles. The van der Waals surface area contributed by atoms with Gasteiger partial charge in [0, 0.05) is 0 Å². The van der Waals surface area contributed by atoms with Crippen molar-refractivity contribution in [3.63, 3.8) is 0 Å². The average molecular weight is 190 g/mol. The predicted molar refractivity (Wildman–Crippen MR) is 61.0 cm³/mol. The summed E-state index contributed by atoms with van der Waals surface area (Å²) in [6.07, 6.45) is 3.30. The third-order valence-corrected chi connectivity index (χ3v) is 2.85. The monoisotopic (exact) mass is 190 g/mol. The molecular weight excluding hydrogens is 172 g/mol. The minimum absolute atomic E-state index is 0.667. The summed E-state index contributed by atoms with van der Waals surface area (Å²) in [4.78, 5) is 0. The number of hydrogen-bond acceptors (Lipinski definition) is 1. The Morgan fingerprint density at radius 1 is 1.21 bits per heavy atom. The molecule has 0 atom stereocenters. The maximum absolute atomic E-state index is 10.2. The van der Waals surface area contributed by atoms with Gasteiger partial charge in [-0.25, -0.2) is 0 Å².